The molecule has 1 amide bonds. The Morgan fingerprint density at radius 1 is 1.19 bits per heavy atom. The molecule has 0 radical (unpaired) electrons. The maximum absolute atomic E-state index is 14.0. The van der Waals surface area contributed by atoms with E-state index in [4.69, 9.17) is 16.3 Å². The van der Waals surface area contributed by atoms with E-state index in [1.807, 2.05) is 13.0 Å². The van der Waals surface area contributed by atoms with Crippen LogP contribution in [0.3, 0.4) is 0 Å². The lowest BCUT2D eigenvalue weighted by molar-refractivity contribution is -0.136. The molecule has 1 N–H and O–H groups in total. The fourth-order valence-electron chi connectivity index (χ4n) is 2.16. The molecule has 0 aromatic heterocycles. The van der Waals surface area contributed by atoms with Crippen molar-refractivity contribution in [3.63, 3.8) is 0 Å². The summed E-state index contributed by atoms with van der Waals surface area (Å²) in [5.74, 6) is -2.60. The lowest BCUT2D eigenvalue weighted by Gasteiger charge is -2.06. The van der Waals surface area contributed by atoms with E-state index in [1.54, 1.807) is 12.1 Å². The summed E-state index contributed by atoms with van der Waals surface area (Å²) >= 11 is 6.00. The molecule has 2 aromatic carbocycles. The zero-order valence-corrected chi connectivity index (χ0v) is 15.5. The molecule has 0 spiro atoms. The van der Waals surface area contributed by atoms with Gasteiger partial charge in [0.05, 0.1) is 5.56 Å². The van der Waals surface area contributed by atoms with Gasteiger partial charge in [-0.25, -0.2) is 9.18 Å². The van der Waals surface area contributed by atoms with Crippen molar-refractivity contribution in [2.45, 2.75) is 13.8 Å². The Kier molecular flexibility index (Phi) is 6.85. The Morgan fingerprint density at radius 3 is 2.56 bits per heavy atom. The molecule has 0 bridgehead atoms. The molecule has 27 heavy (non-hydrogen) atoms. The highest BCUT2D eigenvalue weighted by Gasteiger charge is 2.14. The number of hydrogen-bond acceptors (Lipinski definition) is 4. The van der Waals surface area contributed by atoms with Crippen LogP contribution >= 0.6 is 11.6 Å². The van der Waals surface area contributed by atoms with E-state index < -0.39 is 24.2 Å². The smallest absolute Gasteiger partial charge is 0.331 e. The topological polar surface area (TPSA) is 72.5 Å². The van der Waals surface area contributed by atoms with Gasteiger partial charge in [0.15, 0.2) is 6.61 Å². The third kappa shape index (κ3) is 6.04. The van der Waals surface area contributed by atoms with Crippen LogP contribution in [0.25, 0.3) is 6.08 Å². The number of Topliss-reactive ketones (excluding diaryl/α,β-unsaturated/α-hetero) is 1. The second-order valence-corrected chi connectivity index (χ2v) is 6.16. The summed E-state index contributed by atoms with van der Waals surface area (Å²) in [5, 5.41) is 2.98. The molecule has 0 aliphatic carbocycles. The van der Waals surface area contributed by atoms with Crippen LogP contribution in [0, 0.1) is 12.7 Å². The van der Waals surface area contributed by atoms with Crippen molar-refractivity contribution in [2.75, 3.05) is 11.9 Å². The van der Waals surface area contributed by atoms with Gasteiger partial charge in [0, 0.05) is 23.7 Å². The van der Waals surface area contributed by atoms with E-state index in [1.165, 1.54) is 25.1 Å². The molecule has 2 aromatic rings. The minimum absolute atomic E-state index is 0.230. The second-order valence-electron chi connectivity index (χ2n) is 5.75. The van der Waals surface area contributed by atoms with Gasteiger partial charge in [0.1, 0.15) is 5.82 Å². The number of anilines is 1. The molecule has 0 atom stereocenters. The number of esters is 1. The monoisotopic (exact) mass is 389 g/mol. The summed E-state index contributed by atoms with van der Waals surface area (Å²) in [7, 11) is 0. The first kappa shape index (κ1) is 20.3. The largest absolute Gasteiger partial charge is 0.454 e. The predicted molar refractivity (Wildman–Crippen MR) is 101 cm³/mol. The molecule has 140 valence electrons. The van der Waals surface area contributed by atoms with E-state index >= 15 is 0 Å². The maximum atomic E-state index is 14.0. The van der Waals surface area contributed by atoms with Crippen LogP contribution in [0.4, 0.5) is 10.1 Å². The number of ketones is 1. The number of halogens is 2. The average Bonchev–Trinajstić information content (AvgIpc) is 2.60. The molecule has 0 fully saturated rings. The highest BCUT2D eigenvalue weighted by atomic mass is 35.5. The summed E-state index contributed by atoms with van der Waals surface area (Å²) in [6, 6.07) is 8.92. The average molecular weight is 390 g/mol. The summed E-state index contributed by atoms with van der Waals surface area (Å²) in [6.45, 7) is 2.54. The second kappa shape index (κ2) is 9.09. The molecule has 0 saturated carbocycles. The number of ether oxygens (including phenoxy) is 1. The van der Waals surface area contributed by atoms with Crippen LogP contribution in [0.1, 0.15) is 28.4 Å². The number of aryl methyl sites for hydroxylation is 1. The van der Waals surface area contributed by atoms with E-state index in [0.29, 0.717) is 10.6 Å². The minimum Gasteiger partial charge on any atom is -0.454 e. The van der Waals surface area contributed by atoms with Gasteiger partial charge >= 0.3 is 5.97 Å². The normalized spacial score (nSPS) is 10.7. The van der Waals surface area contributed by atoms with Crippen LogP contribution in [-0.4, -0.2) is 24.3 Å². The SMILES string of the molecule is CC(=O)Nc1ccc(C(=O)COC(=O)/C=C/c2ccc(C)c(Cl)c2)c(F)c1. The van der Waals surface area contributed by atoms with Crippen molar-refractivity contribution >= 4 is 41.0 Å². The molecule has 5 nitrogen and oxygen atoms in total. The van der Waals surface area contributed by atoms with Crippen LogP contribution in [0.15, 0.2) is 42.5 Å². The van der Waals surface area contributed by atoms with Crippen molar-refractivity contribution in [3.8, 4) is 0 Å². The molecule has 0 unspecified atom stereocenters. The molecule has 0 heterocycles. The molecular formula is C20H17ClFNO4. The van der Waals surface area contributed by atoms with Crippen molar-refractivity contribution in [3.05, 3.63) is 70.0 Å². The highest BCUT2D eigenvalue weighted by molar-refractivity contribution is 6.31. The number of rotatable bonds is 6. The van der Waals surface area contributed by atoms with Crippen molar-refractivity contribution in [1.29, 1.82) is 0 Å². The summed E-state index contributed by atoms with van der Waals surface area (Å²) in [6.07, 6.45) is 2.66. The summed E-state index contributed by atoms with van der Waals surface area (Å²) in [4.78, 5) is 34.7. The lowest BCUT2D eigenvalue weighted by atomic mass is 10.1. The number of nitrogens with one attached hydrogen (secondary N) is 1. The van der Waals surface area contributed by atoms with Gasteiger partial charge in [0.25, 0.3) is 0 Å². The van der Waals surface area contributed by atoms with E-state index in [0.717, 1.165) is 17.7 Å². The Balaban J connectivity index is 1.94. The van der Waals surface area contributed by atoms with E-state index in [2.05, 4.69) is 5.32 Å². The first-order valence-electron chi connectivity index (χ1n) is 7.97. The minimum atomic E-state index is -0.813. The van der Waals surface area contributed by atoms with Crippen LogP contribution in [0.2, 0.25) is 5.02 Å². The fraction of sp³-hybridized carbons (Fsp3) is 0.150. The number of benzene rings is 2. The number of carbonyl (C=O) groups excluding carboxylic acids is 3. The molecule has 2 rings (SSSR count). The Bertz CT molecular complexity index is 924. The van der Waals surface area contributed by atoms with Gasteiger partial charge in [-0.05, 0) is 48.4 Å². The molecule has 0 aliphatic heterocycles. The lowest BCUT2D eigenvalue weighted by Crippen LogP contribution is -2.14. The van der Waals surface area contributed by atoms with Crippen LogP contribution in [0.5, 0.6) is 0 Å². The highest BCUT2D eigenvalue weighted by Crippen LogP contribution is 2.18. The van der Waals surface area contributed by atoms with Crippen molar-refractivity contribution < 1.29 is 23.5 Å². The number of carbonyl (C=O) groups is 3. The van der Waals surface area contributed by atoms with Gasteiger partial charge in [0.2, 0.25) is 11.7 Å². The Morgan fingerprint density at radius 2 is 1.93 bits per heavy atom. The zero-order chi connectivity index (χ0) is 20.0. The van der Waals surface area contributed by atoms with Gasteiger partial charge < -0.3 is 10.1 Å². The first-order chi connectivity index (χ1) is 12.8. The molecule has 7 heteroatoms. The summed E-state index contributed by atoms with van der Waals surface area (Å²) < 4.78 is 18.8. The summed E-state index contributed by atoms with van der Waals surface area (Å²) in [5.41, 5.74) is 1.61. The molecule has 0 saturated heterocycles. The Hall–Kier alpha value is -2.99. The maximum Gasteiger partial charge on any atom is 0.331 e. The van der Waals surface area contributed by atoms with Crippen molar-refractivity contribution in [1.82, 2.24) is 0 Å². The molecule has 0 aliphatic rings. The van der Waals surface area contributed by atoms with Crippen molar-refractivity contribution in [2.24, 2.45) is 0 Å². The van der Waals surface area contributed by atoms with Gasteiger partial charge in [-0.2, -0.15) is 0 Å². The quantitative estimate of drug-likeness (QED) is 0.457. The predicted octanol–water partition coefficient (Wildman–Crippen LogP) is 4.19. The van der Waals surface area contributed by atoms with Crippen LogP contribution in [-0.2, 0) is 14.3 Å². The first-order valence-corrected chi connectivity index (χ1v) is 8.35. The Labute approximate surface area is 160 Å². The fourth-order valence-corrected chi connectivity index (χ4v) is 2.35. The molecular weight excluding hydrogens is 373 g/mol. The van der Waals surface area contributed by atoms with E-state index in [9.17, 15) is 18.8 Å². The number of hydrogen-bond donors (Lipinski definition) is 1. The number of amides is 1. The van der Waals surface area contributed by atoms with Gasteiger partial charge in [-0.15, -0.1) is 0 Å². The van der Waals surface area contributed by atoms with Crippen LogP contribution < -0.4 is 5.32 Å². The zero-order valence-electron chi connectivity index (χ0n) is 14.7. The van der Waals surface area contributed by atoms with Gasteiger partial charge in [-0.1, -0.05) is 23.7 Å². The third-order valence-corrected chi connectivity index (χ3v) is 3.95. The van der Waals surface area contributed by atoms with E-state index in [-0.39, 0.29) is 17.2 Å². The standard InChI is InChI=1S/C20H17ClFNO4/c1-12-3-4-14(9-17(12)21)5-8-20(26)27-11-19(25)16-7-6-15(10-18(16)22)23-13(2)24/h3-10H,11H2,1-2H3,(H,23,24)/b8-5+. The third-order valence-electron chi connectivity index (χ3n) is 3.54. The van der Waals surface area contributed by atoms with Gasteiger partial charge in [-0.3, -0.25) is 9.59 Å².